The molecule has 1 amide bonds. The molecule has 0 bridgehead atoms. The number of carbonyl (C=O) groups excluding carboxylic acids is 1. The quantitative estimate of drug-likeness (QED) is 0.561. The number of morpholine rings is 1. The lowest BCUT2D eigenvalue weighted by molar-refractivity contribution is 0.0304. The van der Waals surface area contributed by atoms with Gasteiger partial charge in [-0.25, -0.2) is 0 Å². The lowest BCUT2D eigenvalue weighted by atomic mass is 10.1. The minimum Gasteiger partial charge on any atom is -0.378 e. The smallest absolute Gasteiger partial charge is 0.256 e. The van der Waals surface area contributed by atoms with Crippen molar-refractivity contribution in [3.8, 4) is 0 Å². The number of amides is 1. The Kier molecular flexibility index (Phi) is 5.98. The van der Waals surface area contributed by atoms with Gasteiger partial charge in [-0.3, -0.25) is 4.79 Å². The molecule has 1 aromatic heterocycles. The van der Waals surface area contributed by atoms with Crippen LogP contribution in [0.1, 0.15) is 28.8 Å². The van der Waals surface area contributed by atoms with Crippen molar-refractivity contribution in [3.05, 3.63) is 70.9 Å². The molecule has 5 heteroatoms. The van der Waals surface area contributed by atoms with Gasteiger partial charge in [0.15, 0.2) is 0 Å². The zero-order valence-corrected chi connectivity index (χ0v) is 16.7. The Bertz CT molecular complexity index is 943. The fraction of sp³-hybridized carbons (Fsp3) is 0.348. The highest BCUT2D eigenvalue weighted by Crippen LogP contribution is 2.24. The second kappa shape index (κ2) is 8.80. The Labute approximate surface area is 170 Å². The number of carbonyl (C=O) groups is 1. The summed E-state index contributed by atoms with van der Waals surface area (Å²) in [5.41, 5.74) is 3.24. The van der Waals surface area contributed by atoms with E-state index in [2.05, 4.69) is 22.8 Å². The summed E-state index contributed by atoms with van der Waals surface area (Å²) in [6, 6.07) is 16.3. The minimum absolute atomic E-state index is 0.111. The largest absolute Gasteiger partial charge is 0.378 e. The zero-order valence-electron chi connectivity index (χ0n) is 15.9. The van der Waals surface area contributed by atoms with Gasteiger partial charge in [0, 0.05) is 41.8 Å². The van der Waals surface area contributed by atoms with Gasteiger partial charge < -0.3 is 14.2 Å². The number of benzene rings is 2. The van der Waals surface area contributed by atoms with Crippen molar-refractivity contribution in [1.29, 1.82) is 0 Å². The number of nitrogens with zero attached hydrogens (tertiary/aromatic N) is 2. The van der Waals surface area contributed by atoms with Gasteiger partial charge >= 0.3 is 0 Å². The van der Waals surface area contributed by atoms with Crippen LogP contribution in [0.3, 0.4) is 0 Å². The van der Waals surface area contributed by atoms with Crippen molar-refractivity contribution in [3.63, 3.8) is 0 Å². The molecule has 1 fully saturated rings. The highest BCUT2D eigenvalue weighted by molar-refractivity contribution is 6.30. The first-order valence-corrected chi connectivity index (χ1v) is 10.3. The van der Waals surface area contributed by atoms with Gasteiger partial charge in [0.1, 0.15) is 0 Å². The summed E-state index contributed by atoms with van der Waals surface area (Å²) in [6.07, 6.45) is 5.23. The van der Waals surface area contributed by atoms with Crippen LogP contribution in [0.4, 0.5) is 0 Å². The number of halogens is 1. The normalized spacial score (nSPS) is 14.5. The van der Waals surface area contributed by atoms with Crippen LogP contribution in [-0.2, 0) is 17.7 Å². The molecule has 1 aliphatic heterocycles. The van der Waals surface area contributed by atoms with E-state index in [1.165, 1.54) is 5.56 Å². The summed E-state index contributed by atoms with van der Waals surface area (Å²) in [7, 11) is 0. The van der Waals surface area contributed by atoms with E-state index in [0.717, 1.165) is 47.3 Å². The van der Waals surface area contributed by atoms with E-state index in [-0.39, 0.29) is 5.91 Å². The maximum Gasteiger partial charge on any atom is 0.256 e. The molecule has 0 aliphatic carbocycles. The monoisotopic (exact) mass is 396 g/mol. The van der Waals surface area contributed by atoms with Gasteiger partial charge in [0.05, 0.1) is 18.8 Å². The number of hydrogen-bond donors (Lipinski definition) is 0. The fourth-order valence-corrected chi connectivity index (χ4v) is 3.93. The average molecular weight is 397 g/mol. The molecule has 1 aliphatic rings. The first-order valence-electron chi connectivity index (χ1n) is 9.92. The van der Waals surface area contributed by atoms with Crippen LogP contribution >= 0.6 is 11.6 Å². The molecule has 28 heavy (non-hydrogen) atoms. The Balaban J connectivity index is 1.45. The van der Waals surface area contributed by atoms with Crippen LogP contribution in [0.5, 0.6) is 0 Å². The first-order chi connectivity index (χ1) is 13.7. The van der Waals surface area contributed by atoms with Crippen molar-refractivity contribution in [2.75, 3.05) is 26.3 Å². The van der Waals surface area contributed by atoms with Crippen LogP contribution in [0.2, 0.25) is 5.02 Å². The first kappa shape index (κ1) is 19.0. The van der Waals surface area contributed by atoms with Crippen molar-refractivity contribution in [2.24, 2.45) is 0 Å². The second-order valence-corrected chi connectivity index (χ2v) is 7.68. The molecular weight excluding hydrogens is 372 g/mol. The standard InChI is InChI=1S/C23H25ClN2O2/c24-19-10-8-18(9-11-19)5-3-4-12-26-17-21(20-6-1-2-7-22(20)26)23(27)25-13-15-28-16-14-25/h1-2,6-11,17H,3-5,12-16H2. The SMILES string of the molecule is O=C(c1cn(CCCCc2ccc(Cl)cc2)c2ccccc12)N1CCOCC1. The van der Waals surface area contributed by atoms with Crippen LogP contribution in [0.15, 0.2) is 54.7 Å². The number of aromatic nitrogens is 1. The van der Waals surface area contributed by atoms with E-state index >= 15 is 0 Å². The summed E-state index contributed by atoms with van der Waals surface area (Å²) in [5, 5.41) is 1.82. The van der Waals surface area contributed by atoms with Gasteiger partial charge in [-0.1, -0.05) is 41.9 Å². The molecule has 0 saturated carbocycles. The van der Waals surface area contributed by atoms with Gasteiger partial charge in [-0.05, 0) is 43.0 Å². The third-order valence-electron chi connectivity index (χ3n) is 5.35. The minimum atomic E-state index is 0.111. The van der Waals surface area contributed by atoms with Crippen molar-refractivity contribution >= 4 is 28.4 Å². The number of aryl methyl sites for hydroxylation is 2. The highest BCUT2D eigenvalue weighted by Gasteiger charge is 2.22. The summed E-state index contributed by atoms with van der Waals surface area (Å²) < 4.78 is 7.61. The van der Waals surface area contributed by atoms with Crippen molar-refractivity contribution in [2.45, 2.75) is 25.8 Å². The van der Waals surface area contributed by atoms with Crippen LogP contribution in [0.25, 0.3) is 10.9 Å². The zero-order chi connectivity index (χ0) is 19.3. The van der Waals surface area contributed by atoms with Crippen LogP contribution < -0.4 is 0 Å². The molecular formula is C23H25ClN2O2. The topological polar surface area (TPSA) is 34.5 Å². The summed E-state index contributed by atoms with van der Waals surface area (Å²) >= 11 is 5.95. The molecule has 146 valence electrons. The Morgan fingerprint density at radius 1 is 1.00 bits per heavy atom. The number of hydrogen-bond acceptors (Lipinski definition) is 2. The Hall–Kier alpha value is -2.30. The van der Waals surface area contributed by atoms with E-state index < -0.39 is 0 Å². The molecule has 4 nitrogen and oxygen atoms in total. The summed E-state index contributed by atoms with van der Waals surface area (Å²) in [6.45, 7) is 3.48. The molecule has 0 spiro atoms. The maximum absolute atomic E-state index is 13.0. The van der Waals surface area contributed by atoms with E-state index in [0.29, 0.717) is 26.3 Å². The molecule has 0 radical (unpaired) electrons. The molecule has 1 saturated heterocycles. The molecule has 3 aromatic rings. The molecule has 0 atom stereocenters. The van der Waals surface area contributed by atoms with Crippen LogP contribution in [-0.4, -0.2) is 41.7 Å². The third-order valence-corrected chi connectivity index (χ3v) is 5.60. The Morgan fingerprint density at radius 2 is 1.75 bits per heavy atom. The molecule has 2 heterocycles. The van der Waals surface area contributed by atoms with E-state index in [4.69, 9.17) is 16.3 Å². The third kappa shape index (κ3) is 4.23. The summed E-state index contributed by atoms with van der Waals surface area (Å²) in [4.78, 5) is 14.9. The lowest BCUT2D eigenvalue weighted by Gasteiger charge is -2.26. The van der Waals surface area contributed by atoms with Crippen LogP contribution in [0, 0.1) is 0 Å². The predicted octanol–water partition coefficient (Wildman–Crippen LogP) is 4.79. The number of ether oxygens (including phenoxy) is 1. The lowest BCUT2D eigenvalue weighted by Crippen LogP contribution is -2.40. The maximum atomic E-state index is 13.0. The number of rotatable bonds is 6. The number of unbranched alkanes of at least 4 members (excludes halogenated alkanes) is 1. The van der Waals surface area contributed by atoms with Crippen molar-refractivity contribution in [1.82, 2.24) is 9.47 Å². The molecule has 0 unspecified atom stereocenters. The molecule has 4 rings (SSSR count). The van der Waals surface area contributed by atoms with E-state index in [1.54, 1.807) is 0 Å². The predicted molar refractivity (Wildman–Crippen MR) is 113 cm³/mol. The van der Waals surface area contributed by atoms with Gasteiger partial charge in [-0.2, -0.15) is 0 Å². The van der Waals surface area contributed by atoms with Gasteiger partial charge in [0.2, 0.25) is 0 Å². The van der Waals surface area contributed by atoms with E-state index in [9.17, 15) is 4.79 Å². The second-order valence-electron chi connectivity index (χ2n) is 7.24. The Morgan fingerprint density at radius 3 is 2.54 bits per heavy atom. The fourth-order valence-electron chi connectivity index (χ4n) is 3.80. The van der Waals surface area contributed by atoms with Gasteiger partial charge in [-0.15, -0.1) is 0 Å². The molecule has 0 N–H and O–H groups in total. The highest BCUT2D eigenvalue weighted by atomic mass is 35.5. The summed E-state index contributed by atoms with van der Waals surface area (Å²) in [5.74, 6) is 0.111. The molecule has 2 aromatic carbocycles. The van der Waals surface area contributed by atoms with Gasteiger partial charge in [0.25, 0.3) is 5.91 Å². The van der Waals surface area contributed by atoms with Crippen molar-refractivity contribution < 1.29 is 9.53 Å². The number of para-hydroxylation sites is 1. The van der Waals surface area contributed by atoms with E-state index in [1.807, 2.05) is 41.4 Å². The average Bonchev–Trinajstić information content (AvgIpc) is 3.11. The number of fused-ring (bicyclic) bond motifs is 1.